The summed E-state index contributed by atoms with van der Waals surface area (Å²) in [7, 11) is 0. The van der Waals surface area contributed by atoms with E-state index in [1.165, 1.54) is 19.3 Å². The largest absolute Gasteiger partial charge is 0.481 e. The summed E-state index contributed by atoms with van der Waals surface area (Å²) < 4.78 is 0. The summed E-state index contributed by atoms with van der Waals surface area (Å²) in [6, 6.07) is 0.332. The quantitative estimate of drug-likeness (QED) is 0.801. The molecular formula is C13H23NO2. The Bertz CT molecular complexity index is 269. The summed E-state index contributed by atoms with van der Waals surface area (Å²) in [5.41, 5.74) is 0.499. The molecule has 0 aromatic carbocycles. The minimum absolute atomic E-state index is 0.0917. The molecule has 1 saturated carbocycles. The molecule has 0 aromatic rings. The maximum atomic E-state index is 11.0. The smallest absolute Gasteiger partial charge is 0.308 e. The van der Waals surface area contributed by atoms with E-state index in [-0.39, 0.29) is 5.92 Å². The molecule has 16 heavy (non-hydrogen) atoms. The van der Waals surface area contributed by atoms with E-state index in [1.807, 2.05) is 0 Å². The molecule has 0 aromatic heterocycles. The van der Waals surface area contributed by atoms with E-state index in [4.69, 9.17) is 5.11 Å². The van der Waals surface area contributed by atoms with Crippen LogP contribution < -0.4 is 0 Å². The highest BCUT2D eigenvalue weighted by Crippen LogP contribution is 2.39. The first-order valence-corrected chi connectivity index (χ1v) is 6.52. The van der Waals surface area contributed by atoms with Gasteiger partial charge in [-0.25, -0.2) is 0 Å². The Hall–Kier alpha value is -0.570. The summed E-state index contributed by atoms with van der Waals surface area (Å²) >= 11 is 0. The van der Waals surface area contributed by atoms with Gasteiger partial charge >= 0.3 is 5.97 Å². The lowest BCUT2D eigenvalue weighted by Crippen LogP contribution is -2.53. The van der Waals surface area contributed by atoms with Gasteiger partial charge in [-0.2, -0.15) is 0 Å². The second-order valence-corrected chi connectivity index (χ2v) is 5.79. The number of piperidine rings is 1. The molecule has 3 nitrogen and oxygen atoms in total. The molecule has 0 amide bonds. The van der Waals surface area contributed by atoms with Crippen molar-refractivity contribution in [3.63, 3.8) is 0 Å². The lowest BCUT2D eigenvalue weighted by Gasteiger charge is -2.47. The van der Waals surface area contributed by atoms with Crippen LogP contribution in [0.1, 0.15) is 46.0 Å². The lowest BCUT2D eigenvalue weighted by atomic mass is 9.74. The molecule has 1 aliphatic carbocycles. The van der Waals surface area contributed by atoms with Gasteiger partial charge in [0.05, 0.1) is 5.92 Å². The van der Waals surface area contributed by atoms with Crippen LogP contribution in [-0.2, 0) is 4.79 Å². The minimum Gasteiger partial charge on any atom is -0.481 e. The van der Waals surface area contributed by atoms with Gasteiger partial charge in [-0.1, -0.05) is 20.3 Å². The van der Waals surface area contributed by atoms with E-state index in [0.717, 1.165) is 25.9 Å². The van der Waals surface area contributed by atoms with Crippen LogP contribution in [-0.4, -0.2) is 35.1 Å². The van der Waals surface area contributed by atoms with Crippen molar-refractivity contribution in [3.05, 3.63) is 0 Å². The molecule has 1 N–H and O–H groups in total. The molecule has 0 spiro atoms. The number of aliphatic carboxylic acids is 1. The van der Waals surface area contributed by atoms with Gasteiger partial charge in [0.15, 0.2) is 0 Å². The number of carboxylic acid groups (broad SMARTS) is 1. The summed E-state index contributed by atoms with van der Waals surface area (Å²) in [5.74, 6) is -0.689. The fraction of sp³-hybridized carbons (Fsp3) is 0.923. The minimum atomic E-state index is -0.597. The molecule has 1 saturated heterocycles. The first kappa shape index (κ1) is 11.9. The van der Waals surface area contributed by atoms with Crippen molar-refractivity contribution in [2.45, 2.75) is 52.0 Å². The van der Waals surface area contributed by atoms with Crippen molar-refractivity contribution in [2.75, 3.05) is 13.1 Å². The highest BCUT2D eigenvalue weighted by molar-refractivity contribution is 5.72. The van der Waals surface area contributed by atoms with Gasteiger partial charge in [0.2, 0.25) is 0 Å². The molecule has 92 valence electrons. The van der Waals surface area contributed by atoms with E-state index in [9.17, 15) is 4.79 Å². The standard InChI is InChI=1S/C13H23NO2/c1-3-13(2)6-8-14(9-7-13)11-5-4-10(11)12(15)16/h10-11H,3-9H2,1-2H3,(H,15,16). The monoisotopic (exact) mass is 225 g/mol. The molecule has 2 rings (SSSR count). The first-order chi connectivity index (χ1) is 7.56. The normalized spacial score (nSPS) is 34.4. The van der Waals surface area contributed by atoms with Crippen LogP contribution in [0.5, 0.6) is 0 Å². The van der Waals surface area contributed by atoms with Gasteiger partial charge in [-0.05, 0) is 44.2 Å². The average molecular weight is 225 g/mol. The third-order valence-corrected chi connectivity index (χ3v) is 4.88. The molecular weight excluding hydrogens is 202 g/mol. The number of carboxylic acids is 1. The van der Waals surface area contributed by atoms with Crippen molar-refractivity contribution < 1.29 is 9.90 Å². The van der Waals surface area contributed by atoms with Crippen LogP contribution in [0.4, 0.5) is 0 Å². The van der Waals surface area contributed by atoms with E-state index in [2.05, 4.69) is 18.7 Å². The molecule has 1 aliphatic heterocycles. The number of carbonyl (C=O) groups is 1. The van der Waals surface area contributed by atoms with E-state index in [0.29, 0.717) is 11.5 Å². The Morgan fingerprint density at radius 1 is 1.38 bits per heavy atom. The van der Waals surface area contributed by atoms with Crippen molar-refractivity contribution >= 4 is 5.97 Å². The molecule has 0 bridgehead atoms. The van der Waals surface area contributed by atoms with E-state index in [1.54, 1.807) is 0 Å². The van der Waals surface area contributed by atoms with Gasteiger partial charge in [-0.15, -0.1) is 0 Å². The highest BCUT2D eigenvalue weighted by Gasteiger charge is 2.42. The zero-order valence-corrected chi connectivity index (χ0v) is 10.4. The molecule has 3 heteroatoms. The number of hydrogen-bond donors (Lipinski definition) is 1. The predicted molar refractivity (Wildman–Crippen MR) is 63.4 cm³/mol. The van der Waals surface area contributed by atoms with Crippen molar-refractivity contribution in [1.82, 2.24) is 4.90 Å². The van der Waals surface area contributed by atoms with Crippen LogP contribution in [0.3, 0.4) is 0 Å². The third kappa shape index (κ3) is 2.10. The van der Waals surface area contributed by atoms with Gasteiger partial charge in [-0.3, -0.25) is 9.69 Å². The van der Waals surface area contributed by atoms with Crippen LogP contribution in [0.25, 0.3) is 0 Å². The topological polar surface area (TPSA) is 40.5 Å². The Kier molecular flexibility index (Phi) is 3.24. The summed E-state index contributed by atoms with van der Waals surface area (Å²) in [4.78, 5) is 13.4. The van der Waals surface area contributed by atoms with Gasteiger partial charge < -0.3 is 5.11 Å². The number of hydrogen-bond acceptors (Lipinski definition) is 2. The van der Waals surface area contributed by atoms with Crippen LogP contribution in [0, 0.1) is 11.3 Å². The summed E-state index contributed by atoms with van der Waals surface area (Å²) in [6.07, 6.45) is 5.66. The van der Waals surface area contributed by atoms with Crippen LogP contribution in [0.2, 0.25) is 0 Å². The van der Waals surface area contributed by atoms with Crippen LogP contribution >= 0.6 is 0 Å². The predicted octanol–water partition coefficient (Wildman–Crippen LogP) is 2.36. The van der Waals surface area contributed by atoms with E-state index >= 15 is 0 Å². The molecule has 2 atom stereocenters. The van der Waals surface area contributed by atoms with Crippen molar-refractivity contribution in [3.8, 4) is 0 Å². The number of likely N-dealkylation sites (tertiary alicyclic amines) is 1. The molecule has 1 heterocycles. The Labute approximate surface area is 97.8 Å². The lowest BCUT2D eigenvalue weighted by molar-refractivity contribution is -0.149. The summed E-state index contributed by atoms with van der Waals surface area (Å²) in [5, 5.41) is 9.06. The van der Waals surface area contributed by atoms with Gasteiger partial charge in [0.25, 0.3) is 0 Å². The zero-order chi connectivity index (χ0) is 11.8. The van der Waals surface area contributed by atoms with Crippen molar-refractivity contribution in [2.24, 2.45) is 11.3 Å². The Morgan fingerprint density at radius 2 is 2.00 bits per heavy atom. The molecule has 2 fully saturated rings. The van der Waals surface area contributed by atoms with Gasteiger partial charge in [0.1, 0.15) is 0 Å². The maximum absolute atomic E-state index is 11.0. The van der Waals surface area contributed by atoms with Crippen molar-refractivity contribution in [1.29, 1.82) is 0 Å². The Morgan fingerprint density at radius 3 is 2.38 bits per heavy atom. The maximum Gasteiger partial charge on any atom is 0.308 e. The Balaban J connectivity index is 1.88. The molecule has 2 aliphatic rings. The number of nitrogens with zero attached hydrogens (tertiary/aromatic N) is 1. The second-order valence-electron chi connectivity index (χ2n) is 5.79. The zero-order valence-electron chi connectivity index (χ0n) is 10.4. The fourth-order valence-corrected chi connectivity index (χ4v) is 2.96. The highest BCUT2D eigenvalue weighted by atomic mass is 16.4. The van der Waals surface area contributed by atoms with Crippen LogP contribution in [0.15, 0.2) is 0 Å². The fourth-order valence-electron chi connectivity index (χ4n) is 2.96. The van der Waals surface area contributed by atoms with E-state index < -0.39 is 5.97 Å². The summed E-state index contributed by atoms with van der Waals surface area (Å²) in [6.45, 7) is 6.82. The third-order valence-electron chi connectivity index (χ3n) is 4.88. The number of rotatable bonds is 3. The van der Waals surface area contributed by atoms with Gasteiger partial charge in [0, 0.05) is 6.04 Å². The molecule has 2 unspecified atom stereocenters. The second kappa shape index (κ2) is 4.36. The molecule has 0 radical (unpaired) electrons. The average Bonchev–Trinajstić information content (AvgIpc) is 2.19. The SMILES string of the molecule is CCC1(C)CCN(C2CCC2C(=O)O)CC1. The first-order valence-electron chi connectivity index (χ1n) is 6.52.